The van der Waals surface area contributed by atoms with Crippen LogP contribution in [0.3, 0.4) is 0 Å². The monoisotopic (exact) mass is 376 g/mol. The molecule has 1 aromatic heterocycles. The van der Waals surface area contributed by atoms with Crippen molar-refractivity contribution in [2.24, 2.45) is 0 Å². The van der Waals surface area contributed by atoms with Crippen LogP contribution in [0.4, 0.5) is 4.79 Å². The van der Waals surface area contributed by atoms with Crippen LogP contribution >= 0.6 is 11.8 Å². The van der Waals surface area contributed by atoms with Gasteiger partial charge in [0, 0.05) is 23.6 Å². The first kappa shape index (κ1) is 17.6. The zero-order chi connectivity index (χ0) is 19.1. The van der Waals surface area contributed by atoms with Gasteiger partial charge in [0.15, 0.2) is 0 Å². The molecule has 1 aliphatic heterocycles. The van der Waals surface area contributed by atoms with Gasteiger partial charge >= 0.3 is 0 Å². The first-order valence-electron chi connectivity index (χ1n) is 8.93. The molecule has 27 heavy (non-hydrogen) atoms. The summed E-state index contributed by atoms with van der Waals surface area (Å²) in [5, 5.41) is 2.20. The van der Waals surface area contributed by atoms with E-state index in [1.54, 1.807) is 0 Å². The van der Waals surface area contributed by atoms with Gasteiger partial charge in [0.25, 0.3) is 11.1 Å². The van der Waals surface area contributed by atoms with E-state index in [4.69, 9.17) is 0 Å². The third-order valence-corrected chi connectivity index (χ3v) is 5.85. The molecule has 0 N–H and O–H groups in total. The number of thioether (sulfide) groups is 1. The van der Waals surface area contributed by atoms with Crippen LogP contribution < -0.4 is 0 Å². The lowest BCUT2D eigenvalue weighted by molar-refractivity contribution is -0.122. The Morgan fingerprint density at radius 2 is 1.74 bits per heavy atom. The molecule has 3 aromatic rings. The lowest BCUT2D eigenvalue weighted by Crippen LogP contribution is -2.27. The van der Waals surface area contributed by atoms with Crippen molar-refractivity contribution in [1.82, 2.24) is 9.47 Å². The summed E-state index contributed by atoms with van der Waals surface area (Å²) < 4.78 is 2.18. The fourth-order valence-electron chi connectivity index (χ4n) is 3.56. The van der Waals surface area contributed by atoms with Crippen LogP contribution in [0, 0.1) is 13.8 Å². The maximum atomic E-state index is 12.4. The molecule has 0 unspecified atom stereocenters. The highest BCUT2D eigenvalue weighted by Gasteiger charge is 2.33. The largest absolute Gasteiger partial charge is 0.318 e. The van der Waals surface area contributed by atoms with Gasteiger partial charge in [-0.1, -0.05) is 30.3 Å². The summed E-state index contributed by atoms with van der Waals surface area (Å²) in [7, 11) is 0. The lowest BCUT2D eigenvalue weighted by Gasteiger charge is -2.11. The molecule has 1 fully saturated rings. The third-order valence-electron chi connectivity index (χ3n) is 4.94. The summed E-state index contributed by atoms with van der Waals surface area (Å²) in [6.07, 6.45) is 1.83. The fourth-order valence-corrected chi connectivity index (χ4v) is 4.45. The molecule has 2 aromatic carbocycles. The van der Waals surface area contributed by atoms with E-state index in [-0.39, 0.29) is 11.1 Å². The quantitative estimate of drug-likeness (QED) is 0.582. The Kier molecular flexibility index (Phi) is 4.40. The third kappa shape index (κ3) is 2.98. The van der Waals surface area contributed by atoms with Crippen LogP contribution in [0.1, 0.15) is 23.9 Å². The topological polar surface area (TPSA) is 42.3 Å². The summed E-state index contributed by atoms with van der Waals surface area (Å²) in [4.78, 5) is 26.1. The number of rotatable bonds is 3. The zero-order valence-corrected chi connectivity index (χ0v) is 16.3. The van der Waals surface area contributed by atoms with Crippen molar-refractivity contribution in [2.45, 2.75) is 20.8 Å². The first-order chi connectivity index (χ1) is 13.0. The number of benzene rings is 2. The molecule has 0 aliphatic carbocycles. The minimum absolute atomic E-state index is 0.197. The van der Waals surface area contributed by atoms with E-state index in [2.05, 4.69) is 47.9 Å². The molecule has 2 amide bonds. The van der Waals surface area contributed by atoms with Crippen LogP contribution in [0.5, 0.6) is 0 Å². The van der Waals surface area contributed by atoms with E-state index in [0.29, 0.717) is 11.4 Å². The van der Waals surface area contributed by atoms with E-state index in [1.807, 2.05) is 32.1 Å². The molecular formula is C22H20N2O2S. The van der Waals surface area contributed by atoms with Gasteiger partial charge in [-0.25, -0.2) is 0 Å². The second-order valence-corrected chi connectivity index (χ2v) is 7.61. The Balaban J connectivity index is 1.77. The average Bonchev–Trinajstić information content (AvgIpc) is 3.09. The van der Waals surface area contributed by atoms with Gasteiger partial charge in [-0.15, -0.1) is 0 Å². The van der Waals surface area contributed by atoms with Crippen LogP contribution in [-0.2, 0) is 4.79 Å². The van der Waals surface area contributed by atoms with Crippen molar-refractivity contribution in [2.75, 3.05) is 6.54 Å². The van der Waals surface area contributed by atoms with Crippen molar-refractivity contribution >= 4 is 39.8 Å². The summed E-state index contributed by atoms with van der Waals surface area (Å²) in [6, 6.07) is 16.7. The molecule has 1 saturated heterocycles. The number of nitrogens with zero attached hydrogens (tertiary/aromatic N) is 2. The van der Waals surface area contributed by atoms with Crippen molar-refractivity contribution < 1.29 is 9.59 Å². The molecule has 4 nitrogen and oxygen atoms in total. The molecule has 0 radical (unpaired) electrons. The summed E-state index contributed by atoms with van der Waals surface area (Å²) in [5.41, 5.74) is 4.18. The number of carbonyl (C=O) groups is 2. The number of likely N-dealkylation sites (N-methyl/N-ethyl adjacent to an activating group) is 1. The highest BCUT2D eigenvalue weighted by Crippen LogP contribution is 2.33. The van der Waals surface area contributed by atoms with Gasteiger partial charge in [0.05, 0.1) is 4.91 Å². The van der Waals surface area contributed by atoms with Crippen molar-refractivity contribution in [1.29, 1.82) is 0 Å². The Morgan fingerprint density at radius 3 is 2.44 bits per heavy atom. The van der Waals surface area contributed by atoms with Crippen LogP contribution in [0.25, 0.3) is 22.5 Å². The molecule has 0 saturated carbocycles. The Morgan fingerprint density at radius 1 is 1.00 bits per heavy atom. The van der Waals surface area contributed by atoms with E-state index >= 15 is 0 Å². The number of amides is 2. The minimum Gasteiger partial charge on any atom is -0.318 e. The van der Waals surface area contributed by atoms with Gasteiger partial charge in [0.1, 0.15) is 0 Å². The number of aryl methyl sites for hydroxylation is 1. The van der Waals surface area contributed by atoms with Crippen LogP contribution in [-0.4, -0.2) is 27.2 Å². The number of fused-ring (bicyclic) bond motifs is 1. The van der Waals surface area contributed by atoms with E-state index in [9.17, 15) is 9.59 Å². The summed E-state index contributed by atoms with van der Waals surface area (Å²) >= 11 is 1.01. The number of carbonyl (C=O) groups excluding carboxylic acids is 2. The van der Waals surface area contributed by atoms with E-state index < -0.39 is 0 Å². The molecule has 4 rings (SSSR count). The standard InChI is InChI=1S/C22H20N2O2S/c1-4-23-21(25)20(27-22(23)26)13-18-11-14(2)24(15(18)3)19-10-9-16-7-5-6-8-17(16)12-19/h5-13H,4H2,1-3H3/b20-13+. The zero-order valence-electron chi connectivity index (χ0n) is 15.5. The van der Waals surface area contributed by atoms with Gasteiger partial charge in [-0.3, -0.25) is 14.5 Å². The SMILES string of the molecule is CCN1C(=O)S/C(=C/c2cc(C)n(-c3ccc4ccccc4c3)c2C)C1=O. The molecule has 0 atom stereocenters. The second kappa shape index (κ2) is 6.74. The molecule has 136 valence electrons. The molecular weight excluding hydrogens is 356 g/mol. The fraction of sp³-hybridized carbons (Fsp3) is 0.182. The van der Waals surface area contributed by atoms with Gasteiger partial charge in [-0.2, -0.15) is 0 Å². The normalized spacial score (nSPS) is 16.1. The molecule has 5 heteroatoms. The smallest absolute Gasteiger partial charge is 0.293 e. The number of imide groups is 1. The van der Waals surface area contributed by atoms with Crippen molar-refractivity contribution in [3.05, 3.63) is 70.4 Å². The molecule has 0 spiro atoms. The second-order valence-electron chi connectivity index (χ2n) is 6.62. The van der Waals surface area contributed by atoms with Crippen LogP contribution in [0.15, 0.2) is 53.4 Å². The molecule has 2 heterocycles. The van der Waals surface area contributed by atoms with E-state index in [1.165, 1.54) is 15.7 Å². The molecule has 0 bridgehead atoms. The lowest BCUT2D eigenvalue weighted by atomic mass is 10.1. The van der Waals surface area contributed by atoms with Gasteiger partial charge < -0.3 is 4.57 Å². The summed E-state index contributed by atoms with van der Waals surface area (Å²) in [6.45, 7) is 6.30. The predicted octanol–water partition coefficient (Wildman–Crippen LogP) is 5.30. The van der Waals surface area contributed by atoms with Gasteiger partial charge in [0.2, 0.25) is 0 Å². The Labute approximate surface area is 162 Å². The summed E-state index contributed by atoms with van der Waals surface area (Å²) in [5.74, 6) is -0.206. The number of aromatic nitrogens is 1. The predicted molar refractivity (Wildman–Crippen MR) is 111 cm³/mol. The van der Waals surface area contributed by atoms with Gasteiger partial charge in [-0.05, 0) is 73.1 Å². The Bertz CT molecular complexity index is 1110. The average molecular weight is 376 g/mol. The maximum absolute atomic E-state index is 12.4. The minimum atomic E-state index is -0.206. The first-order valence-corrected chi connectivity index (χ1v) is 9.74. The van der Waals surface area contributed by atoms with Crippen LogP contribution in [0.2, 0.25) is 0 Å². The van der Waals surface area contributed by atoms with Crippen molar-refractivity contribution in [3.63, 3.8) is 0 Å². The Hall–Kier alpha value is -2.79. The number of hydrogen-bond acceptors (Lipinski definition) is 3. The number of hydrogen-bond donors (Lipinski definition) is 0. The maximum Gasteiger partial charge on any atom is 0.293 e. The van der Waals surface area contributed by atoms with Crippen molar-refractivity contribution in [3.8, 4) is 5.69 Å². The highest BCUT2D eigenvalue weighted by atomic mass is 32.2. The van der Waals surface area contributed by atoms with E-state index in [0.717, 1.165) is 34.4 Å². The molecule has 1 aliphatic rings. The highest BCUT2D eigenvalue weighted by molar-refractivity contribution is 8.18.